The number of hydrogen-bond acceptors (Lipinski definition) is 2. The van der Waals surface area contributed by atoms with E-state index >= 15 is 0 Å². The molecule has 2 nitrogen and oxygen atoms in total. The van der Waals surface area contributed by atoms with Crippen LogP contribution in [0.2, 0.25) is 0 Å². The van der Waals surface area contributed by atoms with E-state index in [2.05, 4.69) is 17.6 Å². The van der Waals surface area contributed by atoms with E-state index in [1.165, 1.54) is 6.08 Å². The van der Waals surface area contributed by atoms with Gasteiger partial charge in [-0.2, -0.15) is 0 Å². The second kappa shape index (κ2) is 3.21. The molecule has 0 aromatic rings. The Hall–Kier alpha value is -0.833. The van der Waals surface area contributed by atoms with Crippen molar-refractivity contribution in [3.63, 3.8) is 0 Å². The zero-order valence-electron chi connectivity index (χ0n) is 4.81. The first kappa shape index (κ1) is 7.17. The molecule has 0 fully saturated rings. The summed E-state index contributed by atoms with van der Waals surface area (Å²) in [4.78, 5) is 10.4. The van der Waals surface area contributed by atoms with E-state index in [0.717, 1.165) is 0 Å². The van der Waals surface area contributed by atoms with Gasteiger partial charge in [-0.05, 0) is 0 Å². The summed E-state index contributed by atoms with van der Waals surface area (Å²) in [6.07, 6.45) is 1.38. The molecule has 0 atom stereocenters. The van der Waals surface area contributed by atoms with Gasteiger partial charge in [0.1, 0.15) is 0 Å². The second-order valence-electron chi connectivity index (χ2n) is 1.22. The van der Waals surface area contributed by atoms with Crippen molar-refractivity contribution in [3.8, 4) is 0 Å². The first-order chi connectivity index (χ1) is 3.72. The van der Waals surface area contributed by atoms with Gasteiger partial charge in [0.15, 0.2) is 0 Å². The highest BCUT2D eigenvalue weighted by atomic mass is 28.2. The van der Waals surface area contributed by atoms with Crippen LogP contribution in [0, 0.1) is 0 Å². The third-order valence-electron chi connectivity index (χ3n) is 0.694. The molecule has 0 unspecified atom stereocenters. The molecular weight excluding hydrogens is 120 g/mol. The smallest absolute Gasteiger partial charge is 0.323 e. The monoisotopic (exact) mass is 128 g/mol. The predicted molar refractivity (Wildman–Crippen MR) is 35.4 cm³/mol. The highest BCUT2D eigenvalue weighted by Crippen LogP contribution is 1.91. The molecule has 0 aliphatic heterocycles. The summed E-state index contributed by atoms with van der Waals surface area (Å²) in [7, 11) is 0.417. The van der Waals surface area contributed by atoms with Gasteiger partial charge in [0.2, 0.25) is 10.5 Å². The SMILES string of the molecule is C=CC(=C)C(=O)O[SiH3]. The third kappa shape index (κ3) is 1.75. The highest BCUT2D eigenvalue weighted by molar-refractivity contribution is 6.09. The summed E-state index contributed by atoms with van der Waals surface area (Å²) >= 11 is 0. The first-order valence-corrected chi connectivity index (χ1v) is 2.93. The van der Waals surface area contributed by atoms with Gasteiger partial charge in [-0.15, -0.1) is 0 Å². The van der Waals surface area contributed by atoms with Crippen molar-refractivity contribution < 1.29 is 9.22 Å². The Labute approximate surface area is 51.4 Å². The van der Waals surface area contributed by atoms with Crippen LogP contribution in [0.5, 0.6) is 0 Å². The molecule has 0 amide bonds. The van der Waals surface area contributed by atoms with Crippen molar-refractivity contribution in [3.05, 3.63) is 24.8 Å². The lowest BCUT2D eigenvalue weighted by Crippen LogP contribution is -2.01. The molecule has 8 heavy (non-hydrogen) atoms. The van der Waals surface area contributed by atoms with E-state index in [1.54, 1.807) is 0 Å². The third-order valence-corrected chi connectivity index (χ3v) is 1.06. The van der Waals surface area contributed by atoms with E-state index in [0.29, 0.717) is 16.1 Å². The summed E-state index contributed by atoms with van der Waals surface area (Å²) in [6, 6.07) is 0. The summed E-state index contributed by atoms with van der Waals surface area (Å²) in [5, 5.41) is 0. The average Bonchev–Trinajstić information content (AvgIpc) is 1.84. The molecular formula is C5H8O2Si. The van der Waals surface area contributed by atoms with Crippen LogP contribution in [-0.4, -0.2) is 16.5 Å². The van der Waals surface area contributed by atoms with E-state index in [1.807, 2.05) is 0 Å². The van der Waals surface area contributed by atoms with Crippen molar-refractivity contribution >= 4 is 16.5 Å². The van der Waals surface area contributed by atoms with Gasteiger partial charge in [0.25, 0.3) is 0 Å². The standard InChI is InChI=1S/C5H8O2Si/c1-3-4(2)5(6)7-8/h3H,1-2H2,8H3. The maximum absolute atomic E-state index is 10.4. The molecule has 0 spiro atoms. The fourth-order valence-electron chi connectivity index (χ4n) is 0.214. The first-order valence-electron chi connectivity index (χ1n) is 2.12. The predicted octanol–water partition coefficient (Wildman–Crippen LogP) is -0.448. The topological polar surface area (TPSA) is 26.3 Å². The van der Waals surface area contributed by atoms with Gasteiger partial charge < -0.3 is 4.43 Å². The van der Waals surface area contributed by atoms with Gasteiger partial charge in [-0.3, -0.25) is 0 Å². The molecule has 0 aromatic carbocycles. The Balaban J connectivity index is 3.82. The average molecular weight is 128 g/mol. The van der Waals surface area contributed by atoms with Crippen molar-refractivity contribution in [2.75, 3.05) is 0 Å². The van der Waals surface area contributed by atoms with E-state index in [9.17, 15) is 4.79 Å². The number of rotatable bonds is 2. The van der Waals surface area contributed by atoms with Gasteiger partial charge in [-0.25, -0.2) is 4.79 Å². The quantitative estimate of drug-likeness (QED) is 0.286. The fourth-order valence-corrected chi connectivity index (χ4v) is 0.477. The zero-order chi connectivity index (χ0) is 6.57. The minimum atomic E-state index is -0.369. The molecule has 0 saturated heterocycles. The Morgan fingerprint density at radius 2 is 2.25 bits per heavy atom. The van der Waals surface area contributed by atoms with Gasteiger partial charge in [-0.1, -0.05) is 19.2 Å². The summed E-state index contributed by atoms with van der Waals surface area (Å²) in [5.41, 5.74) is 0.319. The van der Waals surface area contributed by atoms with Crippen LogP contribution >= 0.6 is 0 Å². The van der Waals surface area contributed by atoms with Crippen LogP contribution in [0.25, 0.3) is 0 Å². The maximum atomic E-state index is 10.4. The fraction of sp³-hybridized carbons (Fsp3) is 0. The highest BCUT2D eigenvalue weighted by Gasteiger charge is 1.97. The Bertz CT molecular complexity index is 128. The lowest BCUT2D eigenvalue weighted by Gasteiger charge is -1.94. The molecule has 0 aromatic heterocycles. The number of hydrogen-bond donors (Lipinski definition) is 0. The van der Waals surface area contributed by atoms with E-state index in [4.69, 9.17) is 0 Å². The molecule has 3 heteroatoms. The van der Waals surface area contributed by atoms with Crippen LogP contribution < -0.4 is 0 Å². The normalized spacial score (nSPS) is 8.00. The van der Waals surface area contributed by atoms with Crippen LogP contribution in [-0.2, 0) is 9.22 Å². The molecule has 0 N–H and O–H groups in total. The molecule has 0 bridgehead atoms. The number of carbonyl (C=O) groups excluding carboxylic acids is 1. The minimum absolute atomic E-state index is 0.319. The Morgan fingerprint density at radius 1 is 1.75 bits per heavy atom. The van der Waals surface area contributed by atoms with Crippen molar-refractivity contribution in [1.29, 1.82) is 0 Å². The second-order valence-corrected chi connectivity index (χ2v) is 1.63. The summed E-state index contributed by atoms with van der Waals surface area (Å²) < 4.78 is 4.43. The van der Waals surface area contributed by atoms with Gasteiger partial charge in [0, 0.05) is 0 Å². The van der Waals surface area contributed by atoms with Crippen molar-refractivity contribution in [2.45, 2.75) is 0 Å². The Kier molecular flexibility index (Phi) is 2.87. The lowest BCUT2D eigenvalue weighted by atomic mass is 10.3. The molecule has 0 aliphatic carbocycles. The summed E-state index contributed by atoms with van der Waals surface area (Å²) in [6.45, 7) is 6.72. The van der Waals surface area contributed by atoms with E-state index in [-0.39, 0.29) is 5.97 Å². The number of carbonyl (C=O) groups is 1. The van der Waals surface area contributed by atoms with Gasteiger partial charge in [0.05, 0.1) is 5.57 Å². The summed E-state index contributed by atoms with van der Waals surface area (Å²) in [5.74, 6) is -0.369. The molecule has 0 heterocycles. The van der Waals surface area contributed by atoms with Crippen LogP contribution in [0.4, 0.5) is 0 Å². The van der Waals surface area contributed by atoms with Crippen molar-refractivity contribution in [1.82, 2.24) is 0 Å². The maximum Gasteiger partial charge on any atom is 0.323 e. The molecule has 0 rings (SSSR count). The molecule has 0 saturated carbocycles. The Morgan fingerprint density at radius 3 is 2.38 bits per heavy atom. The largest absolute Gasteiger partial charge is 0.525 e. The molecule has 0 radical (unpaired) electrons. The lowest BCUT2D eigenvalue weighted by molar-refractivity contribution is -0.129. The van der Waals surface area contributed by atoms with Crippen LogP contribution in [0.1, 0.15) is 0 Å². The molecule has 44 valence electrons. The van der Waals surface area contributed by atoms with Gasteiger partial charge >= 0.3 is 5.97 Å². The van der Waals surface area contributed by atoms with Crippen LogP contribution in [0.15, 0.2) is 24.8 Å². The molecule has 0 aliphatic rings. The zero-order valence-corrected chi connectivity index (χ0v) is 6.81. The minimum Gasteiger partial charge on any atom is -0.525 e. The van der Waals surface area contributed by atoms with E-state index < -0.39 is 0 Å². The van der Waals surface area contributed by atoms with Crippen LogP contribution in [0.3, 0.4) is 0 Å². The van der Waals surface area contributed by atoms with Crippen molar-refractivity contribution in [2.24, 2.45) is 0 Å².